The van der Waals surface area contributed by atoms with Crippen LogP contribution in [0.25, 0.3) is 16.8 Å². The van der Waals surface area contributed by atoms with Crippen molar-refractivity contribution in [1.82, 2.24) is 19.0 Å². The first-order valence-corrected chi connectivity index (χ1v) is 15.0. The smallest absolute Gasteiger partial charge is 0.182 e. The molecule has 4 heterocycles. The number of morpholine rings is 1. The number of nitrogens with zero attached hydrogens (tertiary/aromatic N) is 4. The molecule has 2 aromatic heterocycles. The fourth-order valence-electron chi connectivity index (χ4n) is 6.93. The molecule has 3 aliphatic rings. The zero-order chi connectivity index (χ0) is 27.7. The molecular formula is C32H45N4O4+. The molecule has 0 amide bonds. The summed E-state index contributed by atoms with van der Waals surface area (Å²) in [4.78, 5) is 2.42. The number of fused-ring (bicyclic) bond motifs is 1. The van der Waals surface area contributed by atoms with Gasteiger partial charge in [-0.15, -0.1) is 0 Å². The fraction of sp³-hybridized carbons (Fsp3) is 0.594. The van der Waals surface area contributed by atoms with Crippen LogP contribution in [0, 0.1) is 5.92 Å². The van der Waals surface area contributed by atoms with Crippen molar-refractivity contribution in [2.75, 3.05) is 67.3 Å². The van der Waals surface area contributed by atoms with Crippen LogP contribution in [0.5, 0.6) is 11.5 Å². The molecule has 40 heavy (non-hydrogen) atoms. The number of hydrogen-bond acceptors (Lipinski definition) is 6. The van der Waals surface area contributed by atoms with Crippen molar-refractivity contribution in [2.24, 2.45) is 5.92 Å². The minimum atomic E-state index is 0.542. The molecule has 0 radical (unpaired) electrons. The minimum Gasteiger partial charge on any atom is -0.496 e. The van der Waals surface area contributed by atoms with Crippen LogP contribution in [-0.2, 0) is 22.4 Å². The Morgan fingerprint density at radius 1 is 0.950 bits per heavy atom. The Balaban J connectivity index is 1.47. The molecule has 216 valence electrons. The fourth-order valence-corrected chi connectivity index (χ4v) is 6.93. The topological polar surface area (TPSA) is 57.5 Å². The van der Waals surface area contributed by atoms with Crippen molar-refractivity contribution < 1.29 is 18.9 Å². The van der Waals surface area contributed by atoms with Gasteiger partial charge in [-0.3, -0.25) is 9.38 Å². The lowest BCUT2D eigenvalue weighted by Gasteiger charge is -2.43. The van der Waals surface area contributed by atoms with Gasteiger partial charge in [-0.25, -0.2) is 4.52 Å². The highest BCUT2D eigenvalue weighted by molar-refractivity contribution is 5.82. The van der Waals surface area contributed by atoms with Crippen LogP contribution >= 0.6 is 0 Å². The monoisotopic (exact) mass is 549 g/mol. The number of aromatic nitrogens is 2. The van der Waals surface area contributed by atoms with Crippen molar-refractivity contribution >= 4 is 11.2 Å². The van der Waals surface area contributed by atoms with Gasteiger partial charge < -0.3 is 18.9 Å². The van der Waals surface area contributed by atoms with E-state index in [2.05, 4.69) is 53.7 Å². The van der Waals surface area contributed by atoms with Gasteiger partial charge in [0.05, 0.1) is 71.5 Å². The maximum absolute atomic E-state index is 6.03. The van der Waals surface area contributed by atoms with Crippen LogP contribution in [0.3, 0.4) is 0 Å². The molecule has 0 bridgehead atoms. The molecule has 1 aliphatic carbocycles. The third kappa shape index (κ3) is 5.22. The van der Waals surface area contributed by atoms with E-state index in [0.29, 0.717) is 6.04 Å². The Morgan fingerprint density at radius 2 is 1.62 bits per heavy atom. The summed E-state index contributed by atoms with van der Waals surface area (Å²) < 4.78 is 26.5. The molecular weight excluding hydrogens is 504 g/mol. The summed E-state index contributed by atoms with van der Waals surface area (Å²) in [6.45, 7) is 9.38. The molecule has 1 unspecified atom stereocenters. The van der Waals surface area contributed by atoms with Gasteiger partial charge in [0.1, 0.15) is 22.7 Å². The van der Waals surface area contributed by atoms with E-state index in [0.717, 1.165) is 98.5 Å². The van der Waals surface area contributed by atoms with E-state index in [1.165, 1.54) is 41.8 Å². The predicted molar refractivity (Wildman–Crippen MR) is 158 cm³/mol. The largest absolute Gasteiger partial charge is 0.496 e. The minimum absolute atomic E-state index is 0.542. The second-order valence-electron chi connectivity index (χ2n) is 11.9. The molecule has 1 saturated carbocycles. The Bertz CT molecular complexity index is 1300. The molecule has 6 rings (SSSR count). The first-order valence-electron chi connectivity index (χ1n) is 15.0. The molecule has 1 atom stereocenters. The molecule has 2 saturated heterocycles. The maximum atomic E-state index is 6.03. The normalized spacial score (nSPS) is 20.5. The van der Waals surface area contributed by atoms with Gasteiger partial charge in [0.15, 0.2) is 5.69 Å². The van der Waals surface area contributed by atoms with Crippen LogP contribution in [0.1, 0.15) is 43.9 Å². The standard InChI is InChI=1S/C32H45N4O4/c1-5-26-32(36(2,22-23-9-10-23)25-11-15-39-16-12-25)28-8-6-7-27(35(28)33-26)31-29(37-3)19-24(20-30(31)38-4)21-34-13-17-40-18-14-34/h6-8,19-20,23,25H,5,9-18,21-22H2,1-4H3/q+1. The van der Waals surface area contributed by atoms with Crippen LogP contribution < -0.4 is 14.0 Å². The van der Waals surface area contributed by atoms with Crippen molar-refractivity contribution in [3.8, 4) is 22.8 Å². The van der Waals surface area contributed by atoms with E-state index in [-0.39, 0.29) is 0 Å². The molecule has 8 heteroatoms. The van der Waals surface area contributed by atoms with Crippen LogP contribution in [-0.4, -0.2) is 87.9 Å². The molecule has 0 spiro atoms. The highest BCUT2D eigenvalue weighted by Crippen LogP contribution is 2.45. The molecule has 3 fully saturated rings. The summed E-state index contributed by atoms with van der Waals surface area (Å²) in [6.07, 6.45) is 5.76. The lowest BCUT2D eigenvalue weighted by molar-refractivity contribution is 0.0341. The van der Waals surface area contributed by atoms with Crippen LogP contribution in [0.4, 0.5) is 5.69 Å². The van der Waals surface area contributed by atoms with Gasteiger partial charge in [0.25, 0.3) is 0 Å². The zero-order valence-electron chi connectivity index (χ0n) is 24.7. The lowest BCUT2D eigenvalue weighted by atomic mass is 10.0. The van der Waals surface area contributed by atoms with Crippen LogP contribution in [0.2, 0.25) is 0 Å². The highest BCUT2D eigenvalue weighted by Gasteiger charge is 2.44. The lowest BCUT2D eigenvalue weighted by Crippen LogP contribution is -2.57. The van der Waals surface area contributed by atoms with Crippen molar-refractivity contribution in [1.29, 1.82) is 0 Å². The maximum Gasteiger partial charge on any atom is 0.182 e. The summed E-state index contributed by atoms with van der Waals surface area (Å²) in [6, 6.07) is 11.4. The molecule has 2 aliphatic heterocycles. The number of benzene rings is 1. The number of rotatable bonds is 10. The summed E-state index contributed by atoms with van der Waals surface area (Å²) in [5, 5.41) is 5.30. The van der Waals surface area contributed by atoms with Gasteiger partial charge in [-0.1, -0.05) is 13.0 Å². The van der Waals surface area contributed by atoms with Gasteiger partial charge in [-0.2, -0.15) is 5.10 Å². The average molecular weight is 550 g/mol. The Kier molecular flexibility index (Phi) is 8.04. The van der Waals surface area contributed by atoms with E-state index < -0.39 is 0 Å². The van der Waals surface area contributed by atoms with Crippen molar-refractivity contribution in [2.45, 2.75) is 51.6 Å². The number of aryl methyl sites for hydroxylation is 1. The van der Waals surface area contributed by atoms with Crippen molar-refractivity contribution in [3.63, 3.8) is 0 Å². The third-order valence-electron chi connectivity index (χ3n) is 9.21. The second kappa shape index (κ2) is 11.7. The second-order valence-corrected chi connectivity index (χ2v) is 11.9. The summed E-state index contributed by atoms with van der Waals surface area (Å²) in [5.41, 5.74) is 6.87. The van der Waals surface area contributed by atoms with E-state index in [9.17, 15) is 0 Å². The molecule has 0 N–H and O–H groups in total. The number of pyridine rings is 1. The number of quaternary nitrogens is 1. The Hall–Kier alpha value is -2.65. The summed E-state index contributed by atoms with van der Waals surface area (Å²) >= 11 is 0. The zero-order valence-corrected chi connectivity index (χ0v) is 24.7. The molecule has 1 aromatic carbocycles. The number of ether oxygens (including phenoxy) is 4. The van der Waals surface area contributed by atoms with E-state index in [1.54, 1.807) is 14.2 Å². The first-order chi connectivity index (χ1) is 19.6. The average Bonchev–Trinajstić information content (AvgIpc) is 3.72. The number of methoxy groups -OCH3 is 2. The van der Waals surface area contributed by atoms with Crippen molar-refractivity contribution in [3.05, 3.63) is 41.6 Å². The summed E-state index contributed by atoms with van der Waals surface area (Å²) in [7, 11) is 5.95. The molecule has 3 aromatic rings. The Labute approximate surface area is 238 Å². The quantitative estimate of drug-likeness (QED) is 0.334. The van der Waals surface area contributed by atoms with Gasteiger partial charge in [0, 0.05) is 38.4 Å². The van der Waals surface area contributed by atoms with Gasteiger partial charge in [-0.05, 0) is 49.1 Å². The van der Waals surface area contributed by atoms with Gasteiger partial charge in [0.2, 0.25) is 0 Å². The first kappa shape index (κ1) is 27.5. The van der Waals surface area contributed by atoms with E-state index >= 15 is 0 Å². The van der Waals surface area contributed by atoms with Crippen LogP contribution in [0.15, 0.2) is 30.3 Å². The number of hydrogen-bond donors (Lipinski definition) is 0. The molecule has 8 nitrogen and oxygen atoms in total. The highest BCUT2D eigenvalue weighted by atomic mass is 16.5. The third-order valence-corrected chi connectivity index (χ3v) is 9.21. The Morgan fingerprint density at radius 3 is 2.25 bits per heavy atom. The summed E-state index contributed by atoms with van der Waals surface area (Å²) in [5.74, 6) is 2.42. The van der Waals surface area contributed by atoms with Gasteiger partial charge >= 0.3 is 0 Å². The van der Waals surface area contributed by atoms with E-state index in [1.807, 2.05) is 0 Å². The predicted octanol–water partition coefficient (Wildman–Crippen LogP) is 4.94. The van der Waals surface area contributed by atoms with E-state index in [4.69, 9.17) is 24.0 Å². The SMILES string of the molecule is CCc1nn2c(-c3c(OC)cc(CN4CCOCC4)cc3OC)cccc2c1[N+](C)(CC1CC1)C1CCOCC1.